The summed E-state index contributed by atoms with van der Waals surface area (Å²) in [6, 6.07) is 10.6. The van der Waals surface area contributed by atoms with E-state index in [2.05, 4.69) is 49.1 Å². The van der Waals surface area contributed by atoms with Crippen molar-refractivity contribution in [2.75, 3.05) is 53.1 Å². The second kappa shape index (κ2) is 7.44. The van der Waals surface area contributed by atoms with Crippen molar-refractivity contribution in [3.8, 4) is 0 Å². The Labute approximate surface area is 150 Å². The molecule has 2 atom stereocenters. The molecular formula is C20H30N2O3. The number of ether oxygens (including phenoxy) is 2. The van der Waals surface area contributed by atoms with E-state index in [4.69, 9.17) is 9.47 Å². The smallest absolute Gasteiger partial charge is 0.248 e. The average molecular weight is 346 g/mol. The molecule has 2 heterocycles. The quantitative estimate of drug-likeness (QED) is 0.709. The number of methoxy groups -OCH3 is 1. The normalized spacial score (nSPS) is 29.2. The Balaban J connectivity index is 1.56. The summed E-state index contributed by atoms with van der Waals surface area (Å²) < 4.78 is 10.4. The molecule has 0 aliphatic carbocycles. The minimum absolute atomic E-state index is 0.0996. The predicted molar refractivity (Wildman–Crippen MR) is 97.2 cm³/mol. The van der Waals surface area contributed by atoms with Crippen molar-refractivity contribution >= 4 is 5.91 Å². The number of fused-ring (bicyclic) bond motifs is 1. The molecule has 1 aromatic carbocycles. The summed E-state index contributed by atoms with van der Waals surface area (Å²) in [5.74, 6) is 0.0996. The molecule has 0 N–H and O–H groups in total. The second-order valence-electron chi connectivity index (χ2n) is 8.05. The maximum atomic E-state index is 12.4. The van der Waals surface area contributed by atoms with E-state index in [1.807, 2.05) is 4.90 Å². The van der Waals surface area contributed by atoms with Crippen LogP contribution < -0.4 is 0 Å². The molecule has 138 valence electrons. The molecule has 0 radical (unpaired) electrons. The van der Waals surface area contributed by atoms with Gasteiger partial charge < -0.3 is 14.4 Å². The zero-order chi connectivity index (χ0) is 17.9. The number of likely N-dealkylation sites (tertiary alicyclic amines) is 2. The van der Waals surface area contributed by atoms with Crippen molar-refractivity contribution in [3.05, 3.63) is 35.9 Å². The van der Waals surface area contributed by atoms with E-state index in [1.165, 1.54) is 5.56 Å². The molecule has 0 saturated carbocycles. The van der Waals surface area contributed by atoms with Gasteiger partial charge in [-0.2, -0.15) is 0 Å². The van der Waals surface area contributed by atoms with E-state index in [0.717, 1.165) is 32.7 Å². The lowest BCUT2D eigenvalue weighted by Crippen LogP contribution is -2.37. The Hall–Kier alpha value is -1.43. The number of carbonyl (C=O) groups is 1. The van der Waals surface area contributed by atoms with Gasteiger partial charge in [-0.3, -0.25) is 9.69 Å². The van der Waals surface area contributed by atoms with E-state index >= 15 is 0 Å². The van der Waals surface area contributed by atoms with Crippen molar-refractivity contribution in [1.29, 1.82) is 0 Å². The first-order chi connectivity index (χ1) is 12.0. The maximum absolute atomic E-state index is 12.4. The van der Waals surface area contributed by atoms with Crippen LogP contribution in [0.5, 0.6) is 0 Å². The summed E-state index contributed by atoms with van der Waals surface area (Å²) in [5.41, 5.74) is 1.64. The highest BCUT2D eigenvalue weighted by molar-refractivity contribution is 5.78. The first-order valence-corrected chi connectivity index (χ1v) is 9.07. The number of rotatable bonds is 7. The van der Waals surface area contributed by atoms with Gasteiger partial charge in [0.25, 0.3) is 0 Å². The summed E-state index contributed by atoms with van der Waals surface area (Å²) in [6.45, 7) is 10.5. The van der Waals surface area contributed by atoms with Gasteiger partial charge in [0.2, 0.25) is 5.91 Å². The lowest BCUT2D eigenvalue weighted by Gasteiger charge is -2.30. The lowest BCUT2D eigenvalue weighted by molar-refractivity contribution is -0.136. The summed E-state index contributed by atoms with van der Waals surface area (Å²) >= 11 is 0. The van der Waals surface area contributed by atoms with E-state index in [-0.39, 0.29) is 23.3 Å². The fourth-order valence-electron chi connectivity index (χ4n) is 4.33. The third kappa shape index (κ3) is 3.89. The maximum Gasteiger partial charge on any atom is 0.248 e. The molecule has 5 heteroatoms. The Morgan fingerprint density at radius 2 is 1.68 bits per heavy atom. The van der Waals surface area contributed by atoms with Crippen LogP contribution in [0.4, 0.5) is 0 Å². The molecule has 1 amide bonds. The van der Waals surface area contributed by atoms with Crippen molar-refractivity contribution in [2.45, 2.75) is 20.4 Å². The molecule has 0 spiro atoms. The van der Waals surface area contributed by atoms with Crippen LogP contribution in [-0.4, -0.2) is 68.8 Å². The predicted octanol–water partition coefficient (Wildman–Crippen LogP) is 2.02. The molecule has 0 aromatic heterocycles. The highest BCUT2D eigenvalue weighted by Crippen LogP contribution is 2.51. The van der Waals surface area contributed by atoms with Crippen LogP contribution in [0.15, 0.2) is 30.3 Å². The van der Waals surface area contributed by atoms with E-state index in [0.29, 0.717) is 13.2 Å². The minimum atomic E-state index is 0.0996. The van der Waals surface area contributed by atoms with Crippen LogP contribution in [0.3, 0.4) is 0 Å². The Bertz CT molecular complexity index is 574. The van der Waals surface area contributed by atoms with Gasteiger partial charge in [-0.15, -0.1) is 0 Å². The van der Waals surface area contributed by atoms with Crippen LogP contribution in [0.25, 0.3) is 0 Å². The molecule has 0 bridgehead atoms. The molecule has 2 unspecified atom stereocenters. The number of carbonyl (C=O) groups excluding carboxylic acids is 1. The van der Waals surface area contributed by atoms with Crippen LogP contribution in [0, 0.1) is 10.8 Å². The molecule has 25 heavy (non-hydrogen) atoms. The fourth-order valence-corrected chi connectivity index (χ4v) is 4.33. The van der Waals surface area contributed by atoms with Crippen LogP contribution in [-0.2, 0) is 20.8 Å². The van der Waals surface area contributed by atoms with Gasteiger partial charge in [0.05, 0.1) is 13.2 Å². The lowest BCUT2D eigenvalue weighted by atomic mass is 9.71. The van der Waals surface area contributed by atoms with E-state index in [1.54, 1.807) is 7.11 Å². The molecule has 2 fully saturated rings. The standard InChI is InChI=1S/C20H30N2O3/c1-19-13-21(11-17-7-5-4-6-8-17)14-20(19,2)16-22(15-19)18(23)12-25-10-9-24-3/h4-8H,9-16H2,1-3H3. The first-order valence-electron chi connectivity index (χ1n) is 9.07. The van der Waals surface area contributed by atoms with E-state index in [9.17, 15) is 4.79 Å². The topological polar surface area (TPSA) is 42.0 Å². The molecule has 2 saturated heterocycles. The summed E-state index contributed by atoms with van der Waals surface area (Å²) in [4.78, 5) is 17.0. The number of amides is 1. The number of benzene rings is 1. The largest absolute Gasteiger partial charge is 0.382 e. The third-order valence-corrected chi connectivity index (χ3v) is 5.94. The van der Waals surface area contributed by atoms with Gasteiger partial charge in [0.1, 0.15) is 6.61 Å². The van der Waals surface area contributed by atoms with Crippen LogP contribution in [0.1, 0.15) is 19.4 Å². The zero-order valence-corrected chi connectivity index (χ0v) is 15.7. The van der Waals surface area contributed by atoms with E-state index < -0.39 is 0 Å². The summed E-state index contributed by atoms with van der Waals surface area (Å²) in [7, 11) is 1.63. The Morgan fingerprint density at radius 1 is 1.04 bits per heavy atom. The van der Waals surface area contributed by atoms with Gasteiger partial charge in [-0.25, -0.2) is 0 Å². The molecule has 1 aromatic rings. The van der Waals surface area contributed by atoms with Gasteiger partial charge in [0.15, 0.2) is 0 Å². The highest BCUT2D eigenvalue weighted by Gasteiger charge is 2.58. The molecule has 5 nitrogen and oxygen atoms in total. The van der Waals surface area contributed by atoms with Crippen molar-refractivity contribution in [1.82, 2.24) is 9.80 Å². The Kier molecular flexibility index (Phi) is 5.46. The fraction of sp³-hybridized carbons (Fsp3) is 0.650. The highest BCUT2D eigenvalue weighted by atomic mass is 16.5. The second-order valence-corrected chi connectivity index (χ2v) is 8.05. The van der Waals surface area contributed by atoms with Gasteiger partial charge in [-0.1, -0.05) is 44.2 Å². The number of nitrogens with zero attached hydrogens (tertiary/aromatic N) is 2. The van der Waals surface area contributed by atoms with Gasteiger partial charge in [0, 0.05) is 50.7 Å². The minimum Gasteiger partial charge on any atom is -0.382 e. The Morgan fingerprint density at radius 3 is 2.28 bits per heavy atom. The molecule has 3 rings (SSSR count). The third-order valence-electron chi connectivity index (χ3n) is 5.94. The van der Waals surface area contributed by atoms with Gasteiger partial charge >= 0.3 is 0 Å². The van der Waals surface area contributed by atoms with Crippen molar-refractivity contribution < 1.29 is 14.3 Å². The van der Waals surface area contributed by atoms with Crippen LogP contribution in [0.2, 0.25) is 0 Å². The first kappa shape index (κ1) is 18.4. The summed E-state index contributed by atoms with van der Waals surface area (Å²) in [6.07, 6.45) is 0. The number of hydrogen-bond donors (Lipinski definition) is 0. The van der Waals surface area contributed by atoms with Crippen molar-refractivity contribution in [3.63, 3.8) is 0 Å². The monoisotopic (exact) mass is 346 g/mol. The SMILES string of the molecule is COCCOCC(=O)N1CC2(C)CN(Cc3ccccc3)CC2(C)C1. The van der Waals surface area contributed by atoms with Crippen LogP contribution >= 0.6 is 0 Å². The van der Waals surface area contributed by atoms with Crippen molar-refractivity contribution in [2.24, 2.45) is 10.8 Å². The van der Waals surface area contributed by atoms with Gasteiger partial charge in [-0.05, 0) is 5.56 Å². The average Bonchev–Trinajstić information content (AvgIpc) is 2.96. The molecule has 2 aliphatic heterocycles. The summed E-state index contributed by atoms with van der Waals surface area (Å²) in [5, 5.41) is 0. The molecule has 2 aliphatic rings. The molecular weight excluding hydrogens is 316 g/mol. The number of hydrogen-bond acceptors (Lipinski definition) is 4. The zero-order valence-electron chi connectivity index (χ0n) is 15.7.